The van der Waals surface area contributed by atoms with Crippen molar-refractivity contribution in [3.05, 3.63) is 0 Å². The number of piperidine rings is 1. The summed E-state index contributed by atoms with van der Waals surface area (Å²) >= 11 is -2.22. The predicted octanol–water partition coefficient (Wildman–Crippen LogP) is -0.808. The van der Waals surface area contributed by atoms with Gasteiger partial charge < -0.3 is 9.29 Å². The average Bonchev–Trinajstić information content (AvgIpc) is 2.18. The molecule has 1 saturated heterocycles. The summed E-state index contributed by atoms with van der Waals surface area (Å²) in [5.74, 6) is -0.934. The topological polar surface area (TPSA) is 86.7 Å². The summed E-state index contributed by atoms with van der Waals surface area (Å²) in [4.78, 5) is 20.9. The van der Waals surface area contributed by atoms with Crippen LogP contribution in [0, 0.1) is 5.92 Å². The highest BCUT2D eigenvalue weighted by atomic mass is 32.2. The molecule has 1 aliphatic rings. The van der Waals surface area contributed by atoms with Gasteiger partial charge in [-0.2, -0.15) is 0 Å². The van der Waals surface area contributed by atoms with Gasteiger partial charge in [-0.15, -0.1) is 0 Å². The Bertz CT molecular complexity index is 248. The van der Waals surface area contributed by atoms with Crippen molar-refractivity contribution in [2.75, 3.05) is 13.1 Å². The average molecular weight is 220 g/mol. The predicted molar refractivity (Wildman–Crippen MR) is 45.4 cm³/mol. The van der Waals surface area contributed by atoms with E-state index in [1.165, 1.54) is 4.31 Å². The van der Waals surface area contributed by atoms with Crippen LogP contribution in [0.1, 0.15) is 12.8 Å². The Kier molecular flexibility index (Phi) is 4.18. The Morgan fingerprint density at radius 2 is 2.07 bits per heavy atom. The molecule has 1 heterocycles. The number of esters is 1. The molecule has 0 bridgehead atoms. The molecule has 1 aliphatic heterocycles. The number of nitrogens with zero attached hydrogens (tertiary/aromatic N) is 1. The first kappa shape index (κ1) is 11.3. The lowest BCUT2D eigenvalue weighted by atomic mass is 9.99. The first-order valence-corrected chi connectivity index (χ1v) is 5.17. The number of carbonyl (C=O) groups excluding carboxylic acids is 2. The lowest BCUT2D eigenvalue weighted by Gasteiger charge is -2.31. The van der Waals surface area contributed by atoms with Gasteiger partial charge in [-0.05, 0) is 12.8 Å². The van der Waals surface area contributed by atoms with Crippen molar-refractivity contribution in [2.45, 2.75) is 12.8 Å². The summed E-state index contributed by atoms with van der Waals surface area (Å²) in [5, 5.41) is 0. The molecule has 1 atom stereocenters. The molecule has 1 unspecified atom stereocenters. The molecule has 0 amide bonds. The first-order chi connectivity index (χ1) is 6.65. The minimum absolute atomic E-state index is 0.0977. The van der Waals surface area contributed by atoms with Gasteiger partial charge >= 0.3 is 12.4 Å². The summed E-state index contributed by atoms with van der Waals surface area (Å²) in [7, 11) is 0. The van der Waals surface area contributed by atoms with E-state index in [1.807, 2.05) is 0 Å². The van der Waals surface area contributed by atoms with Crippen LogP contribution in [0.15, 0.2) is 0 Å². The molecule has 1 rings (SSSR count). The summed E-state index contributed by atoms with van der Waals surface area (Å²) in [6.45, 7) is 0.698. The maximum atomic E-state index is 11.0. The minimum Gasteiger partial charge on any atom is -0.760 e. The summed E-state index contributed by atoms with van der Waals surface area (Å²) in [5.41, 5.74) is 0. The van der Waals surface area contributed by atoms with Gasteiger partial charge in [-0.25, -0.2) is 4.31 Å². The molecular weight excluding hydrogens is 210 g/mol. The van der Waals surface area contributed by atoms with E-state index in [1.54, 1.807) is 0 Å². The van der Waals surface area contributed by atoms with Gasteiger partial charge in [0.05, 0.1) is 5.92 Å². The first-order valence-electron chi connectivity index (χ1n) is 4.13. The van der Waals surface area contributed by atoms with Gasteiger partial charge in [0.2, 0.25) is 0 Å². The fourth-order valence-electron chi connectivity index (χ4n) is 1.38. The number of hydrogen-bond acceptors (Lipinski definition) is 5. The molecule has 0 radical (unpaired) electrons. The van der Waals surface area contributed by atoms with Crippen LogP contribution in [-0.2, 0) is 25.6 Å². The Hall–Kier alpha value is -0.790. The van der Waals surface area contributed by atoms with Crippen molar-refractivity contribution in [1.29, 1.82) is 0 Å². The van der Waals surface area contributed by atoms with E-state index in [9.17, 15) is 18.4 Å². The van der Waals surface area contributed by atoms with Crippen molar-refractivity contribution in [3.63, 3.8) is 0 Å². The standard InChI is InChI=1S/C7H11NO5S/c9-5-13-7(10)6-1-3-8(4-2-6)14(11)12/h5-6H,1-4H2,(H,11,12)/p-1. The highest BCUT2D eigenvalue weighted by Crippen LogP contribution is 2.18. The number of hydrogen-bond donors (Lipinski definition) is 0. The second kappa shape index (κ2) is 5.18. The van der Waals surface area contributed by atoms with Crippen LogP contribution in [-0.4, -0.2) is 38.6 Å². The molecule has 6 nitrogen and oxygen atoms in total. The van der Waals surface area contributed by atoms with Crippen molar-refractivity contribution in [2.24, 2.45) is 5.92 Å². The third-order valence-electron chi connectivity index (χ3n) is 2.16. The van der Waals surface area contributed by atoms with E-state index >= 15 is 0 Å². The fourth-order valence-corrected chi connectivity index (χ4v) is 1.89. The zero-order valence-corrected chi connectivity index (χ0v) is 8.20. The van der Waals surface area contributed by atoms with Crippen LogP contribution < -0.4 is 0 Å². The van der Waals surface area contributed by atoms with Crippen LogP contribution in [0.5, 0.6) is 0 Å². The largest absolute Gasteiger partial charge is 0.760 e. The van der Waals surface area contributed by atoms with Crippen molar-refractivity contribution in [3.8, 4) is 0 Å². The Labute approximate surface area is 83.6 Å². The Morgan fingerprint density at radius 3 is 2.50 bits per heavy atom. The van der Waals surface area contributed by atoms with Crippen LogP contribution in [0.2, 0.25) is 0 Å². The molecule has 0 aromatic carbocycles. The van der Waals surface area contributed by atoms with E-state index in [-0.39, 0.29) is 12.4 Å². The molecule has 14 heavy (non-hydrogen) atoms. The summed E-state index contributed by atoms with van der Waals surface area (Å²) in [6.07, 6.45) is 0.807. The van der Waals surface area contributed by atoms with E-state index < -0.39 is 17.2 Å². The van der Waals surface area contributed by atoms with Crippen molar-refractivity contribution in [1.82, 2.24) is 4.31 Å². The molecule has 7 heteroatoms. The van der Waals surface area contributed by atoms with Crippen molar-refractivity contribution < 1.29 is 23.1 Å². The Morgan fingerprint density at radius 1 is 1.50 bits per heavy atom. The lowest BCUT2D eigenvalue weighted by molar-refractivity contribution is -0.155. The van der Waals surface area contributed by atoms with E-state index in [0.29, 0.717) is 25.9 Å². The zero-order chi connectivity index (χ0) is 10.6. The summed E-state index contributed by atoms with van der Waals surface area (Å²) in [6, 6.07) is 0. The highest BCUT2D eigenvalue weighted by Gasteiger charge is 2.26. The molecule has 0 aromatic heterocycles. The smallest absolute Gasteiger partial charge is 0.316 e. The molecule has 80 valence electrons. The molecule has 0 aliphatic carbocycles. The highest BCUT2D eigenvalue weighted by molar-refractivity contribution is 7.76. The van der Waals surface area contributed by atoms with Gasteiger partial charge in [0.15, 0.2) is 0 Å². The Balaban J connectivity index is 2.38. The molecular formula is C7H10NO5S-. The lowest BCUT2D eigenvalue weighted by Crippen LogP contribution is -2.37. The van der Waals surface area contributed by atoms with Crippen molar-refractivity contribution >= 4 is 23.7 Å². The van der Waals surface area contributed by atoms with Crippen LogP contribution in [0.3, 0.4) is 0 Å². The monoisotopic (exact) mass is 220 g/mol. The maximum absolute atomic E-state index is 11.0. The van der Waals surface area contributed by atoms with E-state index in [2.05, 4.69) is 4.74 Å². The molecule has 0 spiro atoms. The van der Waals surface area contributed by atoms with Gasteiger partial charge in [-0.3, -0.25) is 13.8 Å². The molecule has 1 fully saturated rings. The number of carbonyl (C=O) groups is 2. The third kappa shape index (κ3) is 2.86. The van der Waals surface area contributed by atoms with Crippen LogP contribution in [0.25, 0.3) is 0 Å². The summed E-state index contributed by atoms with van der Waals surface area (Å²) < 4.78 is 26.4. The minimum atomic E-state index is -2.22. The molecule has 0 saturated carbocycles. The third-order valence-corrected chi connectivity index (χ3v) is 2.95. The van der Waals surface area contributed by atoms with E-state index in [4.69, 9.17) is 0 Å². The zero-order valence-electron chi connectivity index (χ0n) is 7.38. The van der Waals surface area contributed by atoms with Gasteiger partial charge in [0, 0.05) is 24.4 Å². The second-order valence-electron chi connectivity index (χ2n) is 2.95. The number of rotatable bonds is 3. The SMILES string of the molecule is O=COC(=O)C1CCN(S(=O)[O-])CC1. The van der Waals surface area contributed by atoms with Gasteiger partial charge in [-0.1, -0.05) is 0 Å². The van der Waals surface area contributed by atoms with Gasteiger partial charge in [0.1, 0.15) is 0 Å². The normalized spacial score (nSPS) is 21.5. The number of ether oxygens (including phenoxy) is 1. The fraction of sp³-hybridized carbons (Fsp3) is 0.714. The van der Waals surface area contributed by atoms with Crippen LogP contribution in [0.4, 0.5) is 0 Å². The molecule has 0 N–H and O–H groups in total. The molecule has 0 aromatic rings. The van der Waals surface area contributed by atoms with Gasteiger partial charge in [0.25, 0.3) is 0 Å². The quantitative estimate of drug-likeness (QED) is 0.269. The van der Waals surface area contributed by atoms with Crippen LogP contribution >= 0.6 is 0 Å². The second-order valence-corrected chi connectivity index (χ2v) is 3.90. The maximum Gasteiger partial charge on any atom is 0.316 e. The van der Waals surface area contributed by atoms with E-state index in [0.717, 1.165) is 0 Å².